The molecule has 4 heavy (non-hydrogen) atoms. The molecule has 0 aliphatic rings. The van der Waals surface area contributed by atoms with E-state index in [0.29, 0.717) is 0 Å². The molecule has 0 unspecified atom stereocenters. The van der Waals surface area contributed by atoms with Gasteiger partial charge in [0.15, 0.2) is 0 Å². The zero-order valence-electron chi connectivity index (χ0n) is 1.75. The van der Waals surface area contributed by atoms with E-state index in [1.54, 1.807) is 0 Å². The van der Waals surface area contributed by atoms with Crippen molar-refractivity contribution >= 4 is 0 Å². The standard InChI is InChI=1S/H2N2.O.Pt/c1-2;;/h1H2;;. The third-order valence-electron chi connectivity index (χ3n) is 0.0333. The summed E-state index contributed by atoms with van der Waals surface area (Å²) in [5.41, 5.74) is 0. The molecule has 0 aromatic carbocycles. The molecule has 0 fully saturated rings. The third-order valence-corrected chi connectivity index (χ3v) is 0.273. The van der Waals surface area contributed by atoms with Crippen molar-refractivity contribution in [1.82, 2.24) is 0 Å². The summed E-state index contributed by atoms with van der Waals surface area (Å²) in [6.45, 7) is 0. The molecule has 0 radical (unpaired) electrons. The average Bonchev–Trinajstić information content (AvgIpc) is 1.37. The number of nitrogens with zero attached hydrogens (tertiary/aromatic N) is 1. The summed E-state index contributed by atoms with van der Waals surface area (Å²) in [5.74, 6) is 4.39. The van der Waals surface area contributed by atoms with Crippen LogP contribution in [0.4, 0.5) is 0 Å². The van der Waals surface area contributed by atoms with Gasteiger partial charge in [-0.2, -0.15) is 0 Å². The second-order valence-corrected chi connectivity index (χ2v) is 1.14. The molecule has 3 nitrogen and oxygen atoms in total. The van der Waals surface area contributed by atoms with Gasteiger partial charge in [-0.1, -0.05) is 0 Å². The van der Waals surface area contributed by atoms with Gasteiger partial charge in [0, 0.05) is 0 Å². The van der Waals surface area contributed by atoms with E-state index in [-0.39, 0.29) is 0 Å². The van der Waals surface area contributed by atoms with Crippen LogP contribution in [0.1, 0.15) is 0 Å². The van der Waals surface area contributed by atoms with Crippen LogP contribution in [-0.2, 0) is 21.7 Å². The number of hydrogen-bond donors (Lipinski definition) is 1. The number of rotatable bonds is 0. The molecule has 0 spiro atoms. The van der Waals surface area contributed by atoms with E-state index in [9.17, 15) is 0 Å². The summed E-state index contributed by atoms with van der Waals surface area (Å²) in [4.78, 5) is 0. The van der Waals surface area contributed by atoms with Crippen LogP contribution in [0.25, 0.3) is 0 Å². The maximum atomic E-state index is 9.12. The number of hydrogen-bond acceptors (Lipinski definition) is 3. The van der Waals surface area contributed by atoms with Crippen LogP contribution in [-0.4, -0.2) is 0 Å². The van der Waals surface area contributed by atoms with Gasteiger partial charge in [-0.3, -0.25) is 0 Å². The van der Waals surface area contributed by atoms with Gasteiger partial charge in [0.25, 0.3) is 0 Å². The van der Waals surface area contributed by atoms with E-state index < -0.39 is 18.3 Å². The Kier molecular flexibility index (Phi) is 3.45. The molecule has 0 aliphatic heterocycles. The summed E-state index contributed by atoms with van der Waals surface area (Å²) in [7, 11) is 0. The molecule has 0 bridgehead atoms. The van der Waals surface area contributed by atoms with Crippen molar-refractivity contribution in [3.05, 3.63) is 0 Å². The van der Waals surface area contributed by atoms with Crippen molar-refractivity contribution in [2.24, 2.45) is 9.45 Å². The molecular weight excluding hydrogens is 239 g/mol. The molecular formula is H2N2OPt. The second-order valence-electron chi connectivity index (χ2n) is 0.139. The van der Waals surface area contributed by atoms with Gasteiger partial charge in [0.05, 0.1) is 0 Å². The van der Waals surface area contributed by atoms with Gasteiger partial charge in [0.2, 0.25) is 0 Å². The second kappa shape index (κ2) is 3.25. The molecule has 0 saturated carbocycles. The summed E-state index contributed by atoms with van der Waals surface area (Å²) in [5, 5.41) is 0. The van der Waals surface area contributed by atoms with Gasteiger partial charge in [0.1, 0.15) is 0 Å². The quantitative estimate of drug-likeness (QED) is 0.458. The molecule has 0 aromatic rings. The molecule has 0 rings (SSSR count). The summed E-state index contributed by atoms with van der Waals surface area (Å²) in [6, 6.07) is 0. The van der Waals surface area contributed by atoms with Crippen molar-refractivity contribution in [2.75, 3.05) is 0 Å². The van der Waals surface area contributed by atoms with Crippen LogP contribution in [0.15, 0.2) is 3.60 Å². The predicted octanol–water partition coefficient (Wildman–Crippen LogP) is -0.528. The van der Waals surface area contributed by atoms with Crippen molar-refractivity contribution < 1.29 is 21.7 Å². The molecule has 28 valence electrons. The Morgan fingerprint density at radius 3 is 2.25 bits per heavy atom. The van der Waals surface area contributed by atoms with Crippen LogP contribution in [0, 0.1) is 0 Å². The van der Waals surface area contributed by atoms with E-state index in [1.807, 2.05) is 0 Å². The first-order valence-electron chi connectivity index (χ1n) is 0.529. The Labute approximate surface area is 31.9 Å². The minimum atomic E-state index is -1.24. The fourth-order valence-electron chi connectivity index (χ4n) is 0. The first-order chi connectivity index (χ1) is 1.91. The van der Waals surface area contributed by atoms with Gasteiger partial charge in [-0.15, -0.1) is 0 Å². The zero-order valence-corrected chi connectivity index (χ0v) is 4.02. The average molecular weight is 241 g/mol. The van der Waals surface area contributed by atoms with E-state index in [0.717, 1.165) is 0 Å². The third kappa shape index (κ3) is 2.25. The molecule has 0 heterocycles. The maximum absolute atomic E-state index is 9.12. The molecule has 4 heteroatoms. The van der Waals surface area contributed by atoms with Gasteiger partial charge in [-0.05, 0) is 0 Å². The minimum absolute atomic E-state index is 1.24. The summed E-state index contributed by atoms with van der Waals surface area (Å²) in [6.07, 6.45) is 0. The molecule has 2 N–H and O–H groups in total. The Balaban J connectivity index is 3.11. The summed E-state index contributed by atoms with van der Waals surface area (Å²) >= 11 is -1.24. The topological polar surface area (TPSA) is 55.4 Å². The Morgan fingerprint density at radius 2 is 2.25 bits per heavy atom. The fourth-order valence-corrected chi connectivity index (χ4v) is 0. The molecule has 0 saturated heterocycles. The number of nitrogens with two attached hydrogens (primary N) is 1. The fraction of sp³-hybridized carbons (Fsp3) is 0. The Bertz CT molecular complexity index is 44.0. The molecule has 0 aliphatic carbocycles. The van der Waals surface area contributed by atoms with E-state index in [4.69, 9.17) is 3.40 Å². The van der Waals surface area contributed by atoms with Crippen molar-refractivity contribution in [2.45, 2.75) is 0 Å². The molecule has 0 atom stereocenters. The SMILES string of the molecule is N[N]=[Pt]=[O]. The molecule has 0 aromatic heterocycles. The van der Waals surface area contributed by atoms with Crippen LogP contribution >= 0.6 is 0 Å². The van der Waals surface area contributed by atoms with E-state index in [1.165, 1.54) is 0 Å². The normalized spacial score (nSPS) is 7.25. The first kappa shape index (κ1) is 4.25. The van der Waals surface area contributed by atoms with Crippen molar-refractivity contribution in [3.63, 3.8) is 0 Å². The van der Waals surface area contributed by atoms with Crippen LogP contribution in [0.2, 0.25) is 0 Å². The van der Waals surface area contributed by atoms with Gasteiger partial charge >= 0.3 is 31.2 Å². The first-order valence-corrected chi connectivity index (χ1v) is 2.47. The summed E-state index contributed by atoms with van der Waals surface area (Å²) < 4.78 is 11.9. The van der Waals surface area contributed by atoms with Crippen molar-refractivity contribution in [3.8, 4) is 0 Å². The predicted molar refractivity (Wildman–Crippen MR) is 7.30 cm³/mol. The zero-order chi connectivity index (χ0) is 3.41. The van der Waals surface area contributed by atoms with Crippen LogP contribution in [0.3, 0.4) is 0 Å². The monoisotopic (exact) mass is 241 g/mol. The van der Waals surface area contributed by atoms with Crippen LogP contribution in [0.5, 0.6) is 0 Å². The molecule has 0 amide bonds. The van der Waals surface area contributed by atoms with E-state index >= 15 is 0 Å². The van der Waals surface area contributed by atoms with Crippen LogP contribution < -0.4 is 5.84 Å². The van der Waals surface area contributed by atoms with E-state index in [2.05, 4.69) is 9.45 Å². The Morgan fingerprint density at radius 1 is 2.00 bits per heavy atom. The van der Waals surface area contributed by atoms with Gasteiger partial charge in [-0.25, -0.2) is 0 Å². The van der Waals surface area contributed by atoms with Gasteiger partial charge < -0.3 is 0 Å². The van der Waals surface area contributed by atoms with Crippen molar-refractivity contribution in [1.29, 1.82) is 0 Å². The Hall–Kier alpha value is 0.248.